The quantitative estimate of drug-likeness (QED) is 0.0202. The van der Waals surface area contributed by atoms with E-state index >= 15 is 0 Å². The molecule has 5 atom stereocenters. The third kappa shape index (κ3) is 29.3. The van der Waals surface area contributed by atoms with Gasteiger partial charge in [0.05, 0.1) is 52.1 Å². The lowest BCUT2D eigenvalue weighted by molar-refractivity contribution is -0.870. The van der Waals surface area contributed by atoms with Gasteiger partial charge < -0.3 is 24.5 Å². The fourth-order valence-corrected chi connectivity index (χ4v) is 6.05. The molecule has 0 aromatic rings. The predicted octanol–water partition coefficient (Wildman–Crippen LogP) is 9.28. The number of unbranched alkanes of at least 4 members (excludes halogenated alkanes) is 9. The van der Waals surface area contributed by atoms with Gasteiger partial charge in [0, 0.05) is 6.42 Å². The zero-order valence-electron chi connectivity index (χ0n) is 32.8. The Bertz CT molecular complexity index is 1080. The summed E-state index contributed by atoms with van der Waals surface area (Å²) in [5.74, 6) is -0.249. The van der Waals surface area contributed by atoms with Crippen LogP contribution in [0.4, 0.5) is 0 Å². The normalized spacial score (nSPS) is 19.2. The molecule has 0 aromatic carbocycles. The number of carbonyl (C=O) groups excluding carboxylic acids is 1. The van der Waals surface area contributed by atoms with Gasteiger partial charge in [0.2, 0.25) is 5.91 Å². The predicted molar refractivity (Wildman–Crippen MR) is 211 cm³/mol. The Kier molecular flexibility index (Phi) is 27.4. The summed E-state index contributed by atoms with van der Waals surface area (Å²) >= 11 is 0. The Hall–Kier alpha value is -1.84. The van der Waals surface area contributed by atoms with Crippen LogP contribution in [0.25, 0.3) is 0 Å². The van der Waals surface area contributed by atoms with Crippen molar-refractivity contribution in [2.24, 2.45) is 0 Å². The van der Waals surface area contributed by atoms with Crippen LogP contribution in [0.1, 0.15) is 129 Å². The van der Waals surface area contributed by atoms with E-state index in [2.05, 4.69) is 67.8 Å². The molecule has 3 unspecified atom stereocenters. The van der Waals surface area contributed by atoms with Crippen LogP contribution in [0, 0.1) is 0 Å². The van der Waals surface area contributed by atoms with Crippen LogP contribution in [-0.2, 0) is 23.1 Å². The highest BCUT2D eigenvalue weighted by Gasteiger charge is 2.36. The van der Waals surface area contributed by atoms with E-state index in [0.29, 0.717) is 29.7 Å². The number of allylic oxidation sites excluding steroid dienone is 8. The summed E-state index contributed by atoms with van der Waals surface area (Å²) in [5.41, 5.74) is 0. The van der Waals surface area contributed by atoms with Crippen molar-refractivity contribution in [2.45, 2.75) is 154 Å². The number of rotatable bonds is 33. The van der Waals surface area contributed by atoms with Crippen molar-refractivity contribution in [2.75, 3.05) is 40.9 Å². The third-order valence-electron chi connectivity index (χ3n) is 8.63. The SMILES string of the molecule is CCCCCCC/C=C\CC/C=C/[C@@H](O)[C@H](COP(=O)(O)OCC[N+](C)(C)C)NC(=O)CCC/C=C\C/C=C\C/C=C\CC1OC1CCCCC. The fraction of sp³-hybridized carbons (Fsp3) is 0.732. The van der Waals surface area contributed by atoms with Gasteiger partial charge in [-0.15, -0.1) is 0 Å². The molecule has 294 valence electrons. The summed E-state index contributed by atoms with van der Waals surface area (Å²) in [6.07, 6.45) is 39.0. The lowest BCUT2D eigenvalue weighted by Gasteiger charge is -2.25. The minimum atomic E-state index is -4.36. The molecule has 10 heteroatoms. The Labute approximate surface area is 311 Å². The Morgan fingerprint density at radius 3 is 2.12 bits per heavy atom. The third-order valence-corrected chi connectivity index (χ3v) is 9.62. The monoisotopic (exact) mass is 738 g/mol. The van der Waals surface area contributed by atoms with Crippen molar-refractivity contribution in [1.82, 2.24) is 5.32 Å². The molecule has 1 saturated heterocycles. The second-order valence-corrected chi connectivity index (χ2v) is 16.1. The van der Waals surface area contributed by atoms with Crippen LogP contribution in [0.5, 0.6) is 0 Å². The van der Waals surface area contributed by atoms with Crippen LogP contribution in [0.3, 0.4) is 0 Å². The number of phosphoric ester groups is 1. The smallest absolute Gasteiger partial charge is 0.387 e. The lowest BCUT2D eigenvalue weighted by Crippen LogP contribution is -2.45. The molecule has 1 aliphatic heterocycles. The molecule has 0 saturated carbocycles. The van der Waals surface area contributed by atoms with Gasteiger partial charge in [-0.1, -0.05) is 120 Å². The minimum Gasteiger partial charge on any atom is -0.387 e. The van der Waals surface area contributed by atoms with Crippen LogP contribution < -0.4 is 5.32 Å². The van der Waals surface area contributed by atoms with E-state index in [0.717, 1.165) is 44.9 Å². The van der Waals surface area contributed by atoms with E-state index in [-0.39, 0.29) is 25.5 Å². The number of phosphoric acid groups is 1. The summed E-state index contributed by atoms with van der Waals surface area (Å²) in [5, 5.41) is 13.7. The summed E-state index contributed by atoms with van der Waals surface area (Å²) in [7, 11) is 1.50. The number of aliphatic hydroxyl groups is 1. The van der Waals surface area contributed by atoms with Gasteiger partial charge in [-0.3, -0.25) is 13.8 Å². The molecule has 1 heterocycles. The van der Waals surface area contributed by atoms with E-state index in [1.165, 1.54) is 57.8 Å². The first-order valence-corrected chi connectivity index (χ1v) is 21.3. The molecule has 51 heavy (non-hydrogen) atoms. The average Bonchev–Trinajstić information content (AvgIpc) is 3.83. The summed E-state index contributed by atoms with van der Waals surface area (Å²) < 4.78 is 29.1. The first-order chi connectivity index (χ1) is 24.5. The van der Waals surface area contributed by atoms with Gasteiger partial charge in [0.15, 0.2) is 0 Å². The van der Waals surface area contributed by atoms with Crippen LogP contribution in [0.15, 0.2) is 60.8 Å². The second kappa shape index (κ2) is 29.6. The number of carbonyl (C=O) groups is 1. The molecule has 0 bridgehead atoms. The van der Waals surface area contributed by atoms with Crippen LogP contribution in [0.2, 0.25) is 0 Å². The molecule has 9 nitrogen and oxygen atoms in total. The van der Waals surface area contributed by atoms with Gasteiger partial charge in [-0.2, -0.15) is 0 Å². The molecule has 1 rings (SSSR count). The number of nitrogens with one attached hydrogen (secondary N) is 1. The lowest BCUT2D eigenvalue weighted by atomic mass is 10.1. The summed E-state index contributed by atoms with van der Waals surface area (Å²) in [6.45, 7) is 4.65. The molecule has 1 fully saturated rings. The zero-order valence-corrected chi connectivity index (χ0v) is 33.7. The highest BCUT2D eigenvalue weighted by Crippen LogP contribution is 2.43. The van der Waals surface area contributed by atoms with Crippen molar-refractivity contribution >= 4 is 13.7 Å². The number of nitrogens with zero attached hydrogens (tertiary/aromatic N) is 1. The average molecular weight is 738 g/mol. The number of quaternary nitrogens is 1. The number of likely N-dealkylation sites (N-methyl/N-ethyl adjacent to an activating group) is 1. The van der Waals surface area contributed by atoms with Crippen molar-refractivity contribution in [3.05, 3.63) is 60.8 Å². The number of ether oxygens (including phenoxy) is 1. The first-order valence-electron chi connectivity index (χ1n) is 19.8. The number of amides is 1. The maximum absolute atomic E-state index is 12.8. The molecule has 0 aliphatic carbocycles. The van der Waals surface area contributed by atoms with Gasteiger partial charge in [-0.05, 0) is 64.2 Å². The number of hydrogen-bond acceptors (Lipinski definition) is 6. The Morgan fingerprint density at radius 2 is 1.39 bits per heavy atom. The summed E-state index contributed by atoms with van der Waals surface area (Å²) in [6, 6.07) is -0.895. The Balaban J connectivity index is 2.42. The van der Waals surface area contributed by atoms with E-state index in [9.17, 15) is 19.4 Å². The van der Waals surface area contributed by atoms with Crippen LogP contribution >= 0.6 is 7.82 Å². The van der Waals surface area contributed by atoms with E-state index in [1.54, 1.807) is 6.08 Å². The molecule has 1 aliphatic rings. The molecule has 0 aromatic heterocycles. The van der Waals surface area contributed by atoms with Crippen molar-refractivity contribution in [1.29, 1.82) is 0 Å². The first kappa shape index (κ1) is 47.2. The van der Waals surface area contributed by atoms with Crippen molar-refractivity contribution in [3.8, 4) is 0 Å². The number of aliphatic hydroxyl groups excluding tert-OH is 1. The van der Waals surface area contributed by atoms with E-state index in [1.807, 2.05) is 27.2 Å². The maximum atomic E-state index is 12.8. The van der Waals surface area contributed by atoms with E-state index in [4.69, 9.17) is 13.8 Å². The molecular weight excluding hydrogens is 663 g/mol. The number of hydrogen-bond donors (Lipinski definition) is 3. The topological polar surface area (TPSA) is 118 Å². The second-order valence-electron chi connectivity index (χ2n) is 14.7. The van der Waals surface area contributed by atoms with Crippen molar-refractivity contribution in [3.63, 3.8) is 0 Å². The highest BCUT2D eigenvalue weighted by atomic mass is 31.2. The van der Waals surface area contributed by atoms with Crippen molar-refractivity contribution < 1.29 is 37.6 Å². The molecule has 3 N–H and O–H groups in total. The fourth-order valence-electron chi connectivity index (χ4n) is 5.32. The minimum absolute atomic E-state index is 0.0409. The van der Waals surface area contributed by atoms with Gasteiger partial charge in [-0.25, -0.2) is 4.57 Å². The molecule has 0 spiro atoms. The molecule has 0 radical (unpaired) electrons. The zero-order chi connectivity index (χ0) is 37.6. The van der Waals surface area contributed by atoms with Gasteiger partial charge >= 0.3 is 7.82 Å². The van der Waals surface area contributed by atoms with E-state index < -0.39 is 20.0 Å². The summed E-state index contributed by atoms with van der Waals surface area (Å²) in [4.78, 5) is 23.0. The standard InChI is InChI=1S/C41H73N2O7P/c1-6-8-10-11-12-13-14-17-20-23-27-30-38(44)37(36-49-51(46,47)48-35-34-43(3,4)5)42-41(45)33-29-25-22-19-16-15-18-21-24-28-32-40-39(50-40)31-26-9-7-2/h14-15,17-19,22,24,27-28,30,37-40,44H,6-13,16,20-21,23,25-26,29,31-36H2,1-5H3,(H-,42,45,46,47)/p+1/b17-14-,18-15-,22-19-,28-24-,30-27+/t37-,38+,39?,40?/m0/s1. The van der Waals surface area contributed by atoms with Crippen LogP contribution in [-0.4, -0.2) is 85.6 Å². The molecular formula is C41H74N2O7P+. The highest BCUT2D eigenvalue weighted by molar-refractivity contribution is 7.47. The van der Waals surface area contributed by atoms with Gasteiger partial charge in [0.1, 0.15) is 13.2 Å². The number of epoxide rings is 1. The van der Waals surface area contributed by atoms with Gasteiger partial charge in [0.25, 0.3) is 0 Å². The maximum Gasteiger partial charge on any atom is 0.472 e. The Morgan fingerprint density at radius 1 is 0.784 bits per heavy atom. The largest absolute Gasteiger partial charge is 0.472 e. The molecule has 1 amide bonds.